The minimum Gasteiger partial charge on any atom is -0.399 e. The van der Waals surface area contributed by atoms with E-state index in [4.69, 9.17) is 5.73 Å². The number of nitrogens with zero attached hydrogens (tertiary/aromatic N) is 2. The van der Waals surface area contributed by atoms with E-state index in [1.54, 1.807) is 12.1 Å². The van der Waals surface area contributed by atoms with E-state index in [9.17, 15) is 4.21 Å². The first kappa shape index (κ1) is 14.8. The summed E-state index contributed by atoms with van der Waals surface area (Å²) < 4.78 is 14.3. The first-order chi connectivity index (χ1) is 9.63. The van der Waals surface area contributed by atoms with Crippen LogP contribution in [0.25, 0.3) is 0 Å². The summed E-state index contributed by atoms with van der Waals surface area (Å²) in [5.41, 5.74) is 7.21. The van der Waals surface area contributed by atoms with Crippen LogP contribution in [-0.4, -0.2) is 14.0 Å². The number of nitrogens with two attached hydrogens (primary N) is 1. The Balaban J connectivity index is 2.09. The second kappa shape index (κ2) is 6.70. The Morgan fingerprint density at radius 2 is 2.05 bits per heavy atom. The summed E-state index contributed by atoms with van der Waals surface area (Å²) >= 11 is 0. The fourth-order valence-corrected chi connectivity index (χ4v) is 3.28. The Hall–Kier alpha value is -1.62. The predicted octanol–water partition coefficient (Wildman–Crippen LogP) is 3.13. The molecule has 4 nitrogen and oxygen atoms in total. The fourth-order valence-electron chi connectivity index (χ4n) is 2.19. The number of nitrogen functional groups attached to an aromatic ring is 1. The van der Waals surface area contributed by atoms with Gasteiger partial charge in [-0.2, -0.15) is 5.10 Å². The van der Waals surface area contributed by atoms with Crippen LogP contribution in [0.5, 0.6) is 0 Å². The molecule has 0 aliphatic rings. The van der Waals surface area contributed by atoms with Crippen molar-refractivity contribution in [1.82, 2.24) is 9.78 Å². The topological polar surface area (TPSA) is 60.9 Å². The van der Waals surface area contributed by atoms with Gasteiger partial charge in [0.05, 0.1) is 28.3 Å². The normalized spacial score (nSPS) is 12.8. The number of rotatable bonds is 6. The van der Waals surface area contributed by atoms with Gasteiger partial charge in [-0.25, -0.2) is 0 Å². The third kappa shape index (κ3) is 3.48. The maximum Gasteiger partial charge on any atom is 0.0753 e. The van der Waals surface area contributed by atoms with Gasteiger partial charge in [-0.1, -0.05) is 19.9 Å². The van der Waals surface area contributed by atoms with E-state index in [0.717, 1.165) is 23.4 Å². The quantitative estimate of drug-likeness (QED) is 0.832. The van der Waals surface area contributed by atoms with Crippen LogP contribution in [0.2, 0.25) is 0 Å². The highest BCUT2D eigenvalue weighted by molar-refractivity contribution is 7.84. The van der Waals surface area contributed by atoms with Crippen molar-refractivity contribution in [2.24, 2.45) is 0 Å². The average molecular weight is 291 g/mol. The van der Waals surface area contributed by atoms with Crippen LogP contribution in [0, 0.1) is 0 Å². The molecule has 108 valence electrons. The van der Waals surface area contributed by atoms with E-state index in [2.05, 4.69) is 18.9 Å². The maximum absolute atomic E-state index is 12.3. The standard InChI is InChI=1S/C15H21N3OS/c1-3-14(4-2)18-9-8-13(17-18)11-20(19)15-7-5-6-12(16)10-15/h5-10,14H,3-4,11,16H2,1-2H3. The molecule has 0 fully saturated rings. The van der Waals surface area contributed by atoms with Crippen LogP contribution in [0.1, 0.15) is 38.4 Å². The molecular weight excluding hydrogens is 270 g/mol. The minimum absolute atomic E-state index is 0.421. The van der Waals surface area contributed by atoms with Crippen molar-refractivity contribution in [3.05, 3.63) is 42.2 Å². The SMILES string of the molecule is CCC(CC)n1ccc(CS(=O)c2cccc(N)c2)n1. The third-order valence-electron chi connectivity index (χ3n) is 3.38. The van der Waals surface area contributed by atoms with Gasteiger partial charge in [0.25, 0.3) is 0 Å². The van der Waals surface area contributed by atoms with Crippen molar-refractivity contribution in [3.63, 3.8) is 0 Å². The Morgan fingerprint density at radius 1 is 1.30 bits per heavy atom. The monoisotopic (exact) mass is 291 g/mol. The summed E-state index contributed by atoms with van der Waals surface area (Å²) in [6, 6.07) is 9.58. The van der Waals surface area contributed by atoms with Crippen LogP contribution in [0.15, 0.2) is 41.4 Å². The molecule has 0 saturated heterocycles. The lowest BCUT2D eigenvalue weighted by Crippen LogP contribution is -2.08. The number of anilines is 1. The Morgan fingerprint density at radius 3 is 2.70 bits per heavy atom. The first-order valence-corrected chi connectivity index (χ1v) is 8.23. The summed E-state index contributed by atoms with van der Waals surface area (Å²) in [5, 5.41) is 4.53. The van der Waals surface area contributed by atoms with Gasteiger partial charge in [-0.05, 0) is 37.1 Å². The van der Waals surface area contributed by atoms with Crippen molar-refractivity contribution in [2.45, 2.75) is 43.4 Å². The zero-order chi connectivity index (χ0) is 14.5. The molecule has 2 N–H and O–H groups in total. The van der Waals surface area contributed by atoms with E-state index >= 15 is 0 Å². The fraction of sp³-hybridized carbons (Fsp3) is 0.400. The van der Waals surface area contributed by atoms with Gasteiger partial charge in [0.1, 0.15) is 0 Å². The lowest BCUT2D eigenvalue weighted by Gasteiger charge is -2.12. The van der Waals surface area contributed by atoms with Crippen LogP contribution >= 0.6 is 0 Å². The lowest BCUT2D eigenvalue weighted by atomic mass is 10.2. The van der Waals surface area contributed by atoms with Gasteiger partial charge in [0.2, 0.25) is 0 Å². The van der Waals surface area contributed by atoms with Crippen molar-refractivity contribution in [2.75, 3.05) is 5.73 Å². The zero-order valence-electron chi connectivity index (χ0n) is 12.0. The summed E-state index contributed by atoms with van der Waals surface area (Å²) in [7, 11) is -1.10. The molecule has 2 aromatic rings. The van der Waals surface area contributed by atoms with E-state index < -0.39 is 10.8 Å². The molecule has 1 aromatic heterocycles. The maximum atomic E-state index is 12.3. The summed E-state index contributed by atoms with van der Waals surface area (Å²) in [6.07, 6.45) is 4.08. The minimum atomic E-state index is -1.10. The Kier molecular flexibility index (Phi) is 4.95. The van der Waals surface area contributed by atoms with Crippen molar-refractivity contribution in [3.8, 4) is 0 Å². The largest absolute Gasteiger partial charge is 0.399 e. The number of benzene rings is 1. The predicted molar refractivity (Wildman–Crippen MR) is 82.8 cm³/mol. The highest BCUT2D eigenvalue weighted by atomic mass is 32.2. The van der Waals surface area contributed by atoms with Crippen LogP contribution in [0.4, 0.5) is 5.69 Å². The van der Waals surface area contributed by atoms with Gasteiger partial charge >= 0.3 is 0 Å². The molecule has 0 bridgehead atoms. The number of hydrogen-bond acceptors (Lipinski definition) is 3. The van der Waals surface area contributed by atoms with E-state index in [1.165, 1.54) is 0 Å². The van der Waals surface area contributed by atoms with Gasteiger partial charge in [-0.15, -0.1) is 0 Å². The van der Waals surface area contributed by atoms with E-state index in [0.29, 0.717) is 17.5 Å². The van der Waals surface area contributed by atoms with E-state index in [-0.39, 0.29) is 0 Å². The first-order valence-electron chi connectivity index (χ1n) is 6.92. The Bertz CT molecular complexity index is 590. The second-order valence-electron chi connectivity index (χ2n) is 4.82. The van der Waals surface area contributed by atoms with Gasteiger partial charge in [-0.3, -0.25) is 8.89 Å². The molecule has 1 unspecified atom stereocenters. The van der Waals surface area contributed by atoms with E-state index in [1.807, 2.05) is 29.1 Å². The summed E-state index contributed by atoms with van der Waals surface area (Å²) in [5.74, 6) is 0.427. The summed E-state index contributed by atoms with van der Waals surface area (Å²) in [4.78, 5) is 0.752. The molecule has 20 heavy (non-hydrogen) atoms. The smallest absolute Gasteiger partial charge is 0.0753 e. The number of hydrogen-bond donors (Lipinski definition) is 1. The third-order valence-corrected chi connectivity index (χ3v) is 4.72. The van der Waals surface area contributed by atoms with Gasteiger partial charge in [0.15, 0.2) is 0 Å². The lowest BCUT2D eigenvalue weighted by molar-refractivity contribution is 0.426. The van der Waals surface area contributed by atoms with Gasteiger partial charge < -0.3 is 5.73 Å². The average Bonchev–Trinajstić information content (AvgIpc) is 2.88. The van der Waals surface area contributed by atoms with Crippen molar-refractivity contribution < 1.29 is 4.21 Å². The molecule has 0 radical (unpaired) electrons. The molecule has 1 aromatic carbocycles. The zero-order valence-corrected chi connectivity index (χ0v) is 12.8. The molecular formula is C15H21N3OS. The molecule has 2 rings (SSSR count). The van der Waals surface area contributed by atoms with Gasteiger partial charge in [0, 0.05) is 16.8 Å². The van der Waals surface area contributed by atoms with Crippen molar-refractivity contribution >= 4 is 16.5 Å². The Labute approximate surface area is 122 Å². The molecule has 1 heterocycles. The highest BCUT2D eigenvalue weighted by Gasteiger charge is 2.11. The molecule has 1 atom stereocenters. The molecule has 0 saturated carbocycles. The second-order valence-corrected chi connectivity index (χ2v) is 6.27. The molecule has 0 spiro atoms. The van der Waals surface area contributed by atoms with Crippen LogP contribution in [0.3, 0.4) is 0 Å². The molecule has 0 amide bonds. The molecule has 0 aliphatic heterocycles. The van der Waals surface area contributed by atoms with Crippen molar-refractivity contribution in [1.29, 1.82) is 0 Å². The molecule has 5 heteroatoms. The van der Waals surface area contributed by atoms with Crippen LogP contribution in [-0.2, 0) is 16.6 Å². The molecule has 0 aliphatic carbocycles. The van der Waals surface area contributed by atoms with Crippen LogP contribution < -0.4 is 5.73 Å². The highest BCUT2D eigenvalue weighted by Crippen LogP contribution is 2.17. The summed E-state index contributed by atoms with van der Waals surface area (Å²) in [6.45, 7) is 4.31. The number of aromatic nitrogens is 2.